The van der Waals surface area contributed by atoms with Crippen molar-refractivity contribution in [3.63, 3.8) is 0 Å². The third-order valence-electron chi connectivity index (χ3n) is 2.63. The molecule has 0 fully saturated rings. The first kappa shape index (κ1) is 12.5. The topological polar surface area (TPSA) is 53.1 Å². The van der Waals surface area contributed by atoms with Gasteiger partial charge in [0.15, 0.2) is 0 Å². The number of methoxy groups -OCH3 is 1. The minimum atomic E-state index is -2.62. The standard InChI is InChI=1S/C12H13F2N3O/c1-18-10-4-2-9(3-5-10)17-11(12(13)14)8(6-15)7-16-17/h2-5,7,12H,6,15H2,1H3. The summed E-state index contributed by atoms with van der Waals surface area (Å²) in [6.45, 7) is 0.0375. The molecule has 0 aliphatic heterocycles. The summed E-state index contributed by atoms with van der Waals surface area (Å²) in [5.41, 5.74) is 6.15. The van der Waals surface area contributed by atoms with Gasteiger partial charge in [0.2, 0.25) is 0 Å². The Morgan fingerprint density at radius 1 is 1.33 bits per heavy atom. The van der Waals surface area contributed by atoms with Crippen LogP contribution in [0.2, 0.25) is 0 Å². The van der Waals surface area contributed by atoms with E-state index in [0.717, 1.165) is 0 Å². The number of hydrogen-bond donors (Lipinski definition) is 1. The van der Waals surface area contributed by atoms with Crippen molar-refractivity contribution in [2.75, 3.05) is 7.11 Å². The molecule has 6 heteroatoms. The third kappa shape index (κ3) is 2.19. The lowest BCUT2D eigenvalue weighted by atomic mass is 10.2. The van der Waals surface area contributed by atoms with Crippen LogP contribution < -0.4 is 10.5 Å². The van der Waals surface area contributed by atoms with E-state index < -0.39 is 6.43 Å². The number of alkyl halides is 2. The van der Waals surface area contributed by atoms with Gasteiger partial charge in [0.1, 0.15) is 11.4 Å². The minimum Gasteiger partial charge on any atom is -0.497 e. The van der Waals surface area contributed by atoms with Crippen molar-refractivity contribution < 1.29 is 13.5 Å². The Kier molecular flexibility index (Phi) is 3.57. The fraction of sp³-hybridized carbons (Fsp3) is 0.250. The fourth-order valence-corrected chi connectivity index (χ4v) is 1.71. The molecule has 0 saturated heterocycles. The molecular weight excluding hydrogens is 240 g/mol. The summed E-state index contributed by atoms with van der Waals surface area (Å²) >= 11 is 0. The van der Waals surface area contributed by atoms with Crippen molar-refractivity contribution in [1.29, 1.82) is 0 Å². The predicted octanol–water partition coefficient (Wildman–Crippen LogP) is 2.28. The van der Waals surface area contributed by atoms with E-state index in [1.807, 2.05) is 0 Å². The van der Waals surface area contributed by atoms with Crippen LogP contribution in [0.1, 0.15) is 17.7 Å². The number of aromatic nitrogens is 2. The molecule has 0 aliphatic rings. The lowest BCUT2D eigenvalue weighted by molar-refractivity contribution is 0.141. The summed E-state index contributed by atoms with van der Waals surface area (Å²) < 4.78 is 32.2. The maximum absolute atomic E-state index is 13.0. The molecule has 0 unspecified atom stereocenters. The number of nitrogens with two attached hydrogens (primary N) is 1. The molecule has 0 aliphatic carbocycles. The molecule has 0 radical (unpaired) electrons. The predicted molar refractivity (Wildman–Crippen MR) is 63.0 cm³/mol. The van der Waals surface area contributed by atoms with E-state index in [1.165, 1.54) is 10.9 Å². The average Bonchev–Trinajstić information content (AvgIpc) is 2.82. The van der Waals surface area contributed by atoms with E-state index >= 15 is 0 Å². The molecule has 4 nitrogen and oxygen atoms in total. The van der Waals surface area contributed by atoms with Gasteiger partial charge >= 0.3 is 0 Å². The molecule has 0 atom stereocenters. The Balaban J connectivity index is 2.46. The van der Waals surface area contributed by atoms with Gasteiger partial charge in [-0.3, -0.25) is 0 Å². The quantitative estimate of drug-likeness (QED) is 0.909. The monoisotopic (exact) mass is 253 g/mol. The van der Waals surface area contributed by atoms with E-state index in [9.17, 15) is 8.78 Å². The number of rotatable bonds is 4. The van der Waals surface area contributed by atoms with Gasteiger partial charge in [-0.2, -0.15) is 5.10 Å². The fourth-order valence-electron chi connectivity index (χ4n) is 1.71. The summed E-state index contributed by atoms with van der Waals surface area (Å²) in [7, 11) is 1.54. The largest absolute Gasteiger partial charge is 0.497 e. The number of nitrogens with zero attached hydrogens (tertiary/aromatic N) is 2. The SMILES string of the molecule is COc1ccc(-n2ncc(CN)c2C(F)F)cc1. The number of benzene rings is 1. The second-order valence-corrected chi connectivity index (χ2v) is 3.67. The van der Waals surface area contributed by atoms with Crippen molar-refractivity contribution in [3.8, 4) is 11.4 Å². The molecule has 0 spiro atoms. The van der Waals surface area contributed by atoms with Crippen LogP contribution in [0, 0.1) is 0 Å². The molecule has 0 saturated carbocycles. The van der Waals surface area contributed by atoms with Crippen LogP contribution in [0.3, 0.4) is 0 Å². The molecule has 18 heavy (non-hydrogen) atoms. The van der Waals surface area contributed by atoms with E-state index in [2.05, 4.69) is 5.10 Å². The summed E-state index contributed by atoms with van der Waals surface area (Å²) in [6, 6.07) is 6.71. The molecule has 2 rings (SSSR count). The number of ether oxygens (including phenoxy) is 1. The van der Waals surface area contributed by atoms with E-state index in [1.54, 1.807) is 31.4 Å². The molecule has 0 bridgehead atoms. The zero-order valence-electron chi connectivity index (χ0n) is 9.81. The lowest BCUT2D eigenvalue weighted by Crippen LogP contribution is -2.06. The first-order valence-electron chi connectivity index (χ1n) is 5.36. The first-order valence-corrected chi connectivity index (χ1v) is 5.36. The second-order valence-electron chi connectivity index (χ2n) is 3.67. The van der Waals surface area contributed by atoms with Gasteiger partial charge in [-0.05, 0) is 24.3 Å². The van der Waals surface area contributed by atoms with Crippen LogP contribution in [0.15, 0.2) is 30.5 Å². The van der Waals surface area contributed by atoms with Crippen LogP contribution >= 0.6 is 0 Å². The Hall–Kier alpha value is -1.95. The number of hydrogen-bond acceptors (Lipinski definition) is 3. The van der Waals surface area contributed by atoms with Gasteiger partial charge in [-0.1, -0.05) is 0 Å². The van der Waals surface area contributed by atoms with E-state index in [-0.39, 0.29) is 12.2 Å². The molecule has 0 amide bonds. The Morgan fingerprint density at radius 2 is 2.00 bits per heavy atom. The normalized spacial score (nSPS) is 10.9. The Morgan fingerprint density at radius 3 is 2.50 bits per heavy atom. The van der Waals surface area contributed by atoms with Crippen LogP contribution in [-0.4, -0.2) is 16.9 Å². The zero-order valence-corrected chi connectivity index (χ0v) is 9.81. The van der Waals surface area contributed by atoms with Gasteiger partial charge in [0.25, 0.3) is 6.43 Å². The van der Waals surface area contributed by atoms with E-state index in [0.29, 0.717) is 17.0 Å². The van der Waals surface area contributed by atoms with Gasteiger partial charge < -0.3 is 10.5 Å². The highest BCUT2D eigenvalue weighted by molar-refractivity contribution is 5.39. The highest BCUT2D eigenvalue weighted by atomic mass is 19.3. The molecule has 96 valence electrons. The van der Waals surface area contributed by atoms with Crippen molar-refractivity contribution in [2.45, 2.75) is 13.0 Å². The van der Waals surface area contributed by atoms with Crippen molar-refractivity contribution in [2.24, 2.45) is 5.73 Å². The summed E-state index contributed by atoms with van der Waals surface area (Å²) in [5, 5.41) is 3.95. The Bertz CT molecular complexity index is 523. The zero-order chi connectivity index (χ0) is 13.1. The summed E-state index contributed by atoms with van der Waals surface area (Å²) in [6.07, 6.45) is -1.25. The van der Waals surface area contributed by atoms with Gasteiger partial charge in [0, 0.05) is 12.1 Å². The van der Waals surface area contributed by atoms with E-state index in [4.69, 9.17) is 10.5 Å². The van der Waals surface area contributed by atoms with Crippen LogP contribution in [0.5, 0.6) is 5.75 Å². The highest BCUT2D eigenvalue weighted by Crippen LogP contribution is 2.26. The lowest BCUT2D eigenvalue weighted by Gasteiger charge is -2.09. The van der Waals surface area contributed by atoms with Crippen molar-refractivity contribution in [1.82, 2.24) is 9.78 Å². The smallest absolute Gasteiger partial charge is 0.280 e. The summed E-state index contributed by atoms with van der Waals surface area (Å²) in [5.74, 6) is 0.656. The highest BCUT2D eigenvalue weighted by Gasteiger charge is 2.19. The average molecular weight is 253 g/mol. The Labute approximate surface area is 103 Å². The molecular formula is C12H13F2N3O. The first-order chi connectivity index (χ1) is 8.67. The molecule has 1 aromatic heterocycles. The summed E-state index contributed by atoms with van der Waals surface area (Å²) in [4.78, 5) is 0. The van der Waals surface area contributed by atoms with Crippen LogP contribution in [-0.2, 0) is 6.54 Å². The maximum Gasteiger partial charge on any atom is 0.280 e. The molecule has 2 N–H and O–H groups in total. The molecule has 1 heterocycles. The van der Waals surface area contributed by atoms with Gasteiger partial charge in [-0.15, -0.1) is 0 Å². The minimum absolute atomic E-state index is 0.0375. The second kappa shape index (κ2) is 5.14. The molecule has 1 aromatic carbocycles. The van der Waals surface area contributed by atoms with Gasteiger partial charge in [-0.25, -0.2) is 13.5 Å². The molecule has 2 aromatic rings. The maximum atomic E-state index is 13.0. The number of halogens is 2. The van der Waals surface area contributed by atoms with Gasteiger partial charge in [0.05, 0.1) is 19.0 Å². The van der Waals surface area contributed by atoms with Crippen LogP contribution in [0.4, 0.5) is 8.78 Å². The van der Waals surface area contributed by atoms with Crippen LogP contribution in [0.25, 0.3) is 5.69 Å². The van der Waals surface area contributed by atoms with Crippen molar-refractivity contribution in [3.05, 3.63) is 41.7 Å². The van der Waals surface area contributed by atoms with Crippen molar-refractivity contribution >= 4 is 0 Å². The third-order valence-corrected chi connectivity index (χ3v) is 2.63.